The van der Waals surface area contributed by atoms with E-state index in [1.807, 2.05) is 30.3 Å². The zero-order valence-corrected chi connectivity index (χ0v) is 16.4. The summed E-state index contributed by atoms with van der Waals surface area (Å²) in [6.45, 7) is 6.09. The van der Waals surface area contributed by atoms with Gasteiger partial charge in [-0.3, -0.25) is 0 Å². The SMILES string of the molecule is CCCCNc1nc(NCCOCCOCCN)nc(Oc2ccccc2)n1. The summed E-state index contributed by atoms with van der Waals surface area (Å²) in [4.78, 5) is 13.0. The van der Waals surface area contributed by atoms with Crippen LogP contribution in [0.4, 0.5) is 11.9 Å². The predicted octanol–water partition coefficient (Wildman–Crippen LogP) is 2.28. The maximum Gasteiger partial charge on any atom is 0.328 e. The van der Waals surface area contributed by atoms with Gasteiger partial charge in [0.15, 0.2) is 0 Å². The fourth-order valence-corrected chi connectivity index (χ4v) is 2.17. The minimum Gasteiger partial charge on any atom is -0.424 e. The Bertz CT molecular complexity index is 659. The average molecular weight is 390 g/mol. The molecule has 0 saturated carbocycles. The summed E-state index contributed by atoms with van der Waals surface area (Å²) in [6.07, 6.45) is 2.12. The van der Waals surface area contributed by atoms with Crippen molar-refractivity contribution in [3.05, 3.63) is 30.3 Å². The molecular weight excluding hydrogens is 360 g/mol. The number of nitrogens with one attached hydrogen (secondary N) is 2. The molecule has 0 atom stereocenters. The maximum atomic E-state index is 5.75. The van der Waals surface area contributed by atoms with Gasteiger partial charge in [-0.05, 0) is 18.6 Å². The molecule has 0 aliphatic carbocycles. The monoisotopic (exact) mass is 390 g/mol. The first-order chi connectivity index (χ1) is 13.8. The van der Waals surface area contributed by atoms with E-state index in [0.29, 0.717) is 57.2 Å². The molecule has 0 bridgehead atoms. The number of rotatable bonds is 15. The number of hydrogen-bond acceptors (Lipinski definition) is 9. The van der Waals surface area contributed by atoms with Crippen molar-refractivity contribution in [2.75, 3.05) is 56.7 Å². The van der Waals surface area contributed by atoms with Crippen molar-refractivity contribution in [1.82, 2.24) is 15.0 Å². The molecule has 2 rings (SSSR count). The van der Waals surface area contributed by atoms with Crippen LogP contribution in [0.5, 0.6) is 11.8 Å². The summed E-state index contributed by atoms with van der Waals surface area (Å²) in [7, 11) is 0. The van der Waals surface area contributed by atoms with E-state index in [1.54, 1.807) is 0 Å². The van der Waals surface area contributed by atoms with E-state index in [0.717, 1.165) is 19.4 Å². The highest BCUT2D eigenvalue weighted by Gasteiger charge is 2.08. The first-order valence-corrected chi connectivity index (χ1v) is 9.64. The van der Waals surface area contributed by atoms with E-state index in [4.69, 9.17) is 19.9 Å². The number of aromatic nitrogens is 3. The highest BCUT2D eigenvalue weighted by molar-refractivity contribution is 5.37. The molecule has 0 amide bonds. The summed E-state index contributed by atoms with van der Waals surface area (Å²) in [5.74, 6) is 1.58. The molecule has 0 unspecified atom stereocenters. The molecule has 4 N–H and O–H groups in total. The fourth-order valence-electron chi connectivity index (χ4n) is 2.17. The number of unbranched alkanes of at least 4 members (excludes halogenated alkanes) is 1. The topological polar surface area (TPSA) is 116 Å². The summed E-state index contributed by atoms with van der Waals surface area (Å²) in [6, 6.07) is 9.64. The van der Waals surface area contributed by atoms with Gasteiger partial charge in [0.25, 0.3) is 0 Å². The van der Waals surface area contributed by atoms with Crippen LogP contribution in [0, 0.1) is 0 Å². The Labute approximate surface area is 166 Å². The molecule has 1 heterocycles. The molecule has 0 fully saturated rings. The predicted molar refractivity (Wildman–Crippen MR) is 109 cm³/mol. The molecule has 0 saturated heterocycles. The lowest BCUT2D eigenvalue weighted by molar-refractivity contribution is 0.0547. The molecule has 0 spiro atoms. The molecule has 1 aromatic heterocycles. The van der Waals surface area contributed by atoms with Gasteiger partial charge in [0.05, 0.1) is 26.4 Å². The lowest BCUT2D eigenvalue weighted by atomic mass is 10.3. The summed E-state index contributed by atoms with van der Waals surface area (Å²) < 4.78 is 16.5. The van der Waals surface area contributed by atoms with Gasteiger partial charge < -0.3 is 30.6 Å². The van der Waals surface area contributed by atoms with Crippen molar-refractivity contribution in [2.24, 2.45) is 5.73 Å². The second kappa shape index (κ2) is 13.6. The molecule has 154 valence electrons. The van der Waals surface area contributed by atoms with Gasteiger partial charge in [-0.15, -0.1) is 0 Å². The van der Waals surface area contributed by atoms with Crippen LogP contribution in [0.15, 0.2) is 30.3 Å². The lowest BCUT2D eigenvalue weighted by Crippen LogP contribution is -2.16. The molecule has 1 aromatic carbocycles. The third kappa shape index (κ3) is 8.94. The van der Waals surface area contributed by atoms with Crippen LogP contribution in [0.1, 0.15) is 19.8 Å². The van der Waals surface area contributed by atoms with Gasteiger partial charge in [0, 0.05) is 19.6 Å². The molecule has 0 aliphatic heterocycles. The van der Waals surface area contributed by atoms with Crippen molar-refractivity contribution in [3.8, 4) is 11.8 Å². The number of anilines is 2. The fraction of sp³-hybridized carbons (Fsp3) is 0.526. The summed E-state index contributed by atoms with van der Waals surface area (Å²) >= 11 is 0. The van der Waals surface area contributed by atoms with Crippen molar-refractivity contribution < 1.29 is 14.2 Å². The van der Waals surface area contributed by atoms with E-state index < -0.39 is 0 Å². The Morgan fingerprint density at radius 3 is 2.21 bits per heavy atom. The van der Waals surface area contributed by atoms with Crippen LogP contribution in [-0.4, -0.2) is 61.0 Å². The van der Waals surface area contributed by atoms with Gasteiger partial charge in [0.2, 0.25) is 11.9 Å². The van der Waals surface area contributed by atoms with Crippen LogP contribution in [0.25, 0.3) is 0 Å². The third-order valence-corrected chi connectivity index (χ3v) is 3.54. The standard InChI is InChI=1S/C19H30N6O3/c1-2-3-10-21-17-23-18(22-11-13-27-15-14-26-12-9-20)25-19(24-17)28-16-7-5-4-6-8-16/h4-8H,2-3,9-15,20H2,1H3,(H2,21,22,23,24,25). The number of hydrogen-bond donors (Lipinski definition) is 3. The van der Waals surface area contributed by atoms with Gasteiger partial charge in [-0.25, -0.2) is 0 Å². The van der Waals surface area contributed by atoms with Crippen molar-refractivity contribution in [2.45, 2.75) is 19.8 Å². The minimum absolute atomic E-state index is 0.235. The Morgan fingerprint density at radius 2 is 1.54 bits per heavy atom. The van der Waals surface area contributed by atoms with E-state index in [1.165, 1.54) is 0 Å². The molecule has 2 aromatic rings. The molecule has 9 heteroatoms. The van der Waals surface area contributed by atoms with Crippen molar-refractivity contribution in [1.29, 1.82) is 0 Å². The highest BCUT2D eigenvalue weighted by Crippen LogP contribution is 2.19. The summed E-state index contributed by atoms with van der Waals surface area (Å²) in [5, 5.41) is 6.34. The number of nitrogens with zero attached hydrogens (tertiary/aromatic N) is 3. The zero-order chi connectivity index (χ0) is 19.9. The van der Waals surface area contributed by atoms with Gasteiger partial charge in [0.1, 0.15) is 5.75 Å². The Morgan fingerprint density at radius 1 is 0.857 bits per heavy atom. The lowest BCUT2D eigenvalue weighted by Gasteiger charge is -2.11. The molecule has 9 nitrogen and oxygen atoms in total. The zero-order valence-electron chi connectivity index (χ0n) is 16.4. The van der Waals surface area contributed by atoms with E-state index in [-0.39, 0.29) is 6.01 Å². The van der Waals surface area contributed by atoms with E-state index in [9.17, 15) is 0 Å². The van der Waals surface area contributed by atoms with Crippen molar-refractivity contribution >= 4 is 11.9 Å². The minimum atomic E-state index is 0.235. The Kier molecular flexibility index (Phi) is 10.6. The number of para-hydroxylation sites is 1. The van der Waals surface area contributed by atoms with Crippen LogP contribution < -0.4 is 21.1 Å². The second-order valence-electron chi connectivity index (χ2n) is 5.90. The Hall–Kier alpha value is -2.49. The molecular formula is C19H30N6O3. The van der Waals surface area contributed by atoms with Gasteiger partial charge in [-0.2, -0.15) is 15.0 Å². The first-order valence-electron chi connectivity index (χ1n) is 9.64. The smallest absolute Gasteiger partial charge is 0.328 e. The van der Waals surface area contributed by atoms with E-state index >= 15 is 0 Å². The number of nitrogens with two attached hydrogens (primary N) is 1. The number of ether oxygens (including phenoxy) is 3. The average Bonchev–Trinajstić information content (AvgIpc) is 2.71. The largest absolute Gasteiger partial charge is 0.424 e. The molecule has 0 radical (unpaired) electrons. The van der Waals surface area contributed by atoms with Crippen LogP contribution in [0.2, 0.25) is 0 Å². The molecule has 0 aliphatic rings. The molecule has 28 heavy (non-hydrogen) atoms. The quantitative estimate of drug-likeness (QED) is 0.394. The summed E-state index contributed by atoms with van der Waals surface area (Å²) in [5.41, 5.74) is 5.36. The first kappa shape index (κ1) is 21.8. The van der Waals surface area contributed by atoms with Crippen LogP contribution in [-0.2, 0) is 9.47 Å². The maximum absolute atomic E-state index is 5.75. The normalized spacial score (nSPS) is 10.6. The highest BCUT2D eigenvalue weighted by atomic mass is 16.5. The van der Waals surface area contributed by atoms with Gasteiger partial charge in [-0.1, -0.05) is 31.5 Å². The number of benzene rings is 1. The van der Waals surface area contributed by atoms with Crippen LogP contribution >= 0.6 is 0 Å². The second-order valence-corrected chi connectivity index (χ2v) is 5.90. The van der Waals surface area contributed by atoms with Crippen LogP contribution in [0.3, 0.4) is 0 Å². The van der Waals surface area contributed by atoms with E-state index in [2.05, 4.69) is 32.5 Å². The third-order valence-electron chi connectivity index (χ3n) is 3.54. The Balaban J connectivity index is 1.87. The van der Waals surface area contributed by atoms with Crippen molar-refractivity contribution in [3.63, 3.8) is 0 Å². The van der Waals surface area contributed by atoms with Gasteiger partial charge >= 0.3 is 6.01 Å².